The predicted octanol–water partition coefficient (Wildman–Crippen LogP) is 1.23. The third kappa shape index (κ3) is 2.24. The van der Waals surface area contributed by atoms with Crippen molar-refractivity contribution in [3.05, 3.63) is 29.6 Å². The molecule has 5 heteroatoms. The smallest absolute Gasteiger partial charge is 0.312 e. The van der Waals surface area contributed by atoms with E-state index in [1.54, 1.807) is 0 Å². The first kappa shape index (κ1) is 10.5. The van der Waals surface area contributed by atoms with Crippen LogP contribution in [0.3, 0.4) is 0 Å². The normalized spacial score (nSPS) is 11.0. The number of pyridine rings is 1. The number of aliphatic hydroxyl groups is 1. The number of aromatic nitrogens is 1. The van der Waals surface area contributed by atoms with Crippen LogP contribution >= 0.6 is 0 Å². The number of hydrogen-bond donors (Lipinski definition) is 1. The number of hydrogen-bond acceptors (Lipinski definition) is 3. The van der Waals surface area contributed by atoms with Crippen LogP contribution < -0.4 is 0 Å². The molecule has 0 unspecified atom stereocenters. The molecule has 0 atom stereocenters. The third-order valence-corrected chi connectivity index (χ3v) is 1.68. The Labute approximate surface area is 79.6 Å². The Morgan fingerprint density at radius 3 is 2.64 bits per heavy atom. The zero-order valence-corrected chi connectivity index (χ0v) is 7.24. The highest BCUT2D eigenvalue weighted by Gasteiger charge is 2.31. The van der Waals surface area contributed by atoms with Gasteiger partial charge in [0.25, 0.3) is 0 Å². The second kappa shape index (κ2) is 4.11. The number of rotatable bonds is 3. The molecule has 0 radical (unpaired) electrons. The Morgan fingerprint density at radius 1 is 1.50 bits per heavy atom. The van der Waals surface area contributed by atoms with Gasteiger partial charge in [0.05, 0.1) is 12.5 Å². The Morgan fingerprint density at radius 2 is 2.21 bits per heavy atom. The molecule has 1 rings (SSSR count). The molecule has 0 aliphatic rings. The largest absolute Gasteiger partial charge is 0.390 e. The number of nitrogens with zero attached hydrogens (tertiary/aromatic N) is 2. The van der Waals surface area contributed by atoms with Gasteiger partial charge in [0, 0.05) is 6.20 Å². The highest BCUT2D eigenvalue weighted by Crippen LogP contribution is 2.24. The Balaban J connectivity index is 2.89. The van der Waals surface area contributed by atoms with E-state index < -0.39 is 18.2 Å². The number of nitriles is 1. The summed E-state index contributed by atoms with van der Waals surface area (Å²) in [5, 5.41) is 16.7. The minimum Gasteiger partial charge on any atom is -0.390 e. The van der Waals surface area contributed by atoms with Gasteiger partial charge in [0.1, 0.15) is 12.3 Å². The second-order valence-electron chi connectivity index (χ2n) is 2.75. The minimum atomic E-state index is -3.31. The third-order valence-electron chi connectivity index (χ3n) is 1.68. The lowest BCUT2D eigenvalue weighted by Gasteiger charge is -2.11. The van der Waals surface area contributed by atoms with Gasteiger partial charge in [-0.05, 0) is 11.6 Å². The van der Waals surface area contributed by atoms with Crippen molar-refractivity contribution >= 4 is 0 Å². The van der Waals surface area contributed by atoms with Crippen LogP contribution in [0, 0.1) is 11.3 Å². The zero-order valence-electron chi connectivity index (χ0n) is 7.24. The van der Waals surface area contributed by atoms with Crippen molar-refractivity contribution in [1.82, 2.24) is 4.98 Å². The Hall–Kier alpha value is -1.54. The molecule has 1 N–H and O–H groups in total. The summed E-state index contributed by atoms with van der Waals surface area (Å²) in [6.07, 6.45) is 1.35. The standard InChI is InChI=1S/C9H8F2N2O/c10-9(11,6-14)8-2-1-7(3-4-12)5-13-8/h1-2,5,14H,3,6H2. The van der Waals surface area contributed by atoms with Crippen LogP contribution in [0.2, 0.25) is 0 Å². The van der Waals surface area contributed by atoms with Crippen LogP contribution in [-0.2, 0) is 12.3 Å². The van der Waals surface area contributed by atoms with Crippen molar-refractivity contribution in [3.8, 4) is 6.07 Å². The Kier molecular flexibility index (Phi) is 3.10. The minimum absolute atomic E-state index is 0.137. The maximum absolute atomic E-state index is 12.8. The number of aliphatic hydroxyl groups excluding tert-OH is 1. The van der Waals surface area contributed by atoms with Gasteiger partial charge in [0.2, 0.25) is 0 Å². The average Bonchev–Trinajstić information content (AvgIpc) is 2.19. The number of halogens is 2. The average molecular weight is 198 g/mol. The molecule has 3 nitrogen and oxygen atoms in total. The summed E-state index contributed by atoms with van der Waals surface area (Å²) in [5.74, 6) is -3.31. The molecule has 14 heavy (non-hydrogen) atoms. The van der Waals surface area contributed by atoms with Crippen LogP contribution in [0.25, 0.3) is 0 Å². The van der Waals surface area contributed by atoms with E-state index >= 15 is 0 Å². The lowest BCUT2D eigenvalue weighted by atomic mass is 10.1. The summed E-state index contributed by atoms with van der Waals surface area (Å²) in [4.78, 5) is 3.48. The van der Waals surface area contributed by atoms with Gasteiger partial charge < -0.3 is 5.11 Å². The summed E-state index contributed by atoms with van der Waals surface area (Å²) < 4.78 is 25.7. The van der Waals surface area contributed by atoms with Gasteiger partial charge >= 0.3 is 5.92 Å². The molecule has 74 valence electrons. The van der Waals surface area contributed by atoms with Crippen molar-refractivity contribution in [3.63, 3.8) is 0 Å². The molecule has 0 bridgehead atoms. The first-order valence-electron chi connectivity index (χ1n) is 3.91. The maximum atomic E-state index is 12.8. The highest BCUT2D eigenvalue weighted by molar-refractivity contribution is 5.19. The van der Waals surface area contributed by atoms with E-state index in [-0.39, 0.29) is 6.42 Å². The summed E-state index contributed by atoms with van der Waals surface area (Å²) in [6.45, 7) is -1.27. The quantitative estimate of drug-likeness (QED) is 0.794. The molecule has 0 aliphatic heterocycles. The van der Waals surface area contributed by atoms with E-state index in [0.717, 1.165) is 6.07 Å². The topological polar surface area (TPSA) is 56.9 Å². The van der Waals surface area contributed by atoms with Crippen molar-refractivity contribution in [1.29, 1.82) is 5.26 Å². The molecule has 0 fully saturated rings. The SMILES string of the molecule is N#CCc1ccc(C(F)(F)CO)nc1. The van der Waals surface area contributed by atoms with Crippen molar-refractivity contribution in [2.45, 2.75) is 12.3 Å². The summed E-state index contributed by atoms with van der Waals surface area (Å²) in [5.41, 5.74) is 0.0895. The summed E-state index contributed by atoms with van der Waals surface area (Å²) in [7, 11) is 0. The number of alkyl halides is 2. The second-order valence-corrected chi connectivity index (χ2v) is 2.75. The van der Waals surface area contributed by atoms with Gasteiger partial charge in [-0.3, -0.25) is 4.98 Å². The fraction of sp³-hybridized carbons (Fsp3) is 0.333. The molecule has 0 saturated heterocycles. The summed E-state index contributed by atoms with van der Waals surface area (Å²) in [6, 6.07) is 4.39. The molecule has 0 spiro atoms. The van der Waals surface area contributed by atoms with Gasteiger partial charge in [0.15, 0.2) is 0 Å². The summed E-state index contributed by atoms with van der Waals surface area (Å²) >= 11 is 0. The fourth-order valence-corrected chi connectivity index (χ4v) is 0.918. The van der Waals surface area contributed by atoms with Crippen molar-refractivity contribution in [2.75, 3.05) is 6.61 Å². The van der Waals surface area contributed by atoms with Crippen LogP contribution in [-0.4, -0.2) is 16.7 Å². The maximum Gasteiger partial charge on any atom is 0.312 e. The van der Waals surface area contributed by atoms with E-state index in [2.05, 4.69) is 4.98 Å². The van der Waals surface area contributed by atoms with Crippen LogP contribution in [0.1, 0.15) is 11.3 Å². The van der Waals surface area contributed by atoms with Crippen molar-refractivity contribution in [2.24, 2.45) is 0 Å². The van der Waals surface area contributed by atoms with E-state index in [1.165, 1.54) is 12.3 Å². The van der Waals surface area contributed by atoms with Crippen LogP contribution in [0.15, 0.2) is 18.3 Å². The first-order chi connectivity index (χ1) is 6.60. The van der Waals surface area contributed by atoms with Gasteiger partial charge in [-0.15, -0.1) is 0 Å². The van der Waals surface area contributed by atoms with Crippen molar-refractivity contribution < 1.29 is 13.9 Å². The molecule has 1 heterocycles. The zero-order chi connectivity index (χ0) is 10.6. The molecule has 0 amide bonds. The van der Waals surface area contributed by atoms with Gasteiger partial charge in [-0.2, -0.15) is 14.0 Å². The Bertz CT molecular complexity index is 343. The van der Waals surface area contributed by atoms with E-state index in [4.69, 9.17) is 10.4 Å². The molecule has 1 aromatic rings. The highest BCUT2D eigenvalue weighted by atomic mass is 19.3. The molecule has 1 aromatic heterocycles. The van der Waals surface area contributed by atoms with E-state index in [0.29, 0.717) is 5.56 Å². The van der Waals surface area contributed by atoms with E-state index in [1.807, 2.05) is 6.07 Å². The molecule has 0 aliphatic carbocycles. The van der Waals surface area contributed by atoms with Gasteiger partial charge in [-0.25, -0.2) is 0 Å². The molecular weight excluding hydrogens is 190 g/mol. The predicted molar refractivity (Wildman–Crippen MR) is 44.5 cm³/mol. The first-order valence-corrected chi connectivity index (χ1v) is 3.91. The monoisotopic (exact) mass is 198 g/mol. The lowest BCUT2D eigenvalue weighted by molar-refractivity contribution is -0.0592. The molecule has 0 aromatic carbocycles. The van der Waals surface area contributed by atoms with Gasteiger partial charge in [-0.1, -0.05) is 6.07 Å². The lowest BCUT2D eigenvalue weighted by Crippen LogP contribution is -2.19. The molecule has 0 saturated carbocycles. The molecular formula is C9H8F2N2O. The van der Waals surface area contributed by atoms with Crippen LogP contribution in [0.5, 0.6) is 0 Å². The van der Waals surface area contributed by atoms with E-state index in [9.17, 15) is 8.78 Å². The fourth-order valence-electron chi connectivity index (χ4n) is 0.918. The van der Waals surface area contributed by atoms with Crippen LogP contribution in [0.4, 0.5) is 8.78 Å².